The molecule has 0 aromatic rings. The van der Waals surface area contributed by atoms with E-state index in [1.807, 2.05) is 0 Å². The van der Waals surface area contributed by atoms with Crippen LogP contribution < -0.4 is 5.43 Å². The van der Waals surface area contributed by atoms with Crippen LogP contribution >= 0.6 is 0 Å². The monoisotopic (exact) mass is 105 g/mol. The predicted octanol–water partition coefficient (Wildman–Crippen LogP) is -0.510. The summed E-state index contributed by atoms with van der Waals surface area (Å²) < 4.78 is 0. The normalized spacial score (nSPS) is 28.3. The Bertz CT molecular complexity index is 65.3. The first-order valence-corrected chi connectivity index (χ1v) is 2.29. The first kappa shape index (κ1) is 4.99. The molecule has 1 saturated heterocycles. The van der Waals surface area contributed by atoms with Crippen LogP contribution in [0.25, 0.3) is 0 Å². The van der Waals surface area contributed by atoms with Crippen LogP contribution in [-0.2, 0) is 0 Å². The molecular weight excluding hydrogens is 96.0 g/mol. The topological polar surface area (TPSA) is 52.5 Å². The Morgan fingerprint density at radius 2 is 2.14 bits per heavy atom. The van der Waals surface area contributed by atoms with Crippen LogP contribution in [0.1, 0.15) is 6.42 Å². The second-order valence-corrected chi connectivity index (χ2v) is 1.72. The van der Waals surface area contributed by atoms with Gasteiger partial charge in [0.2, 0.25) is 0 Å². The summed E-state index contributed by atoms with van der Waals surface area (Å²) in [5.41, 5.74) is 2.44. The van der Waals surface area contributed by atoms with Crippen molar-refractivity contribution >= 4 is 0 Å². The van der Waals surface area contributed by atoms with Crippen molar-refractivity contribution in [3.63, 3.8) is 0 Å². The van der Waals surface area contributed by atoms with Crippen molar-refractivity contribution in [3.8, 4) is 0 Å². The average Bonchev–Trinajstić information content (AvgIpc) is 1.84. The lowest BCUT2D eigenvalue weighted by atomic mass is 10.5. The zero-order valence-corrected chi connectivity index (χ0v) is 3.96. The largest absolute Gasteiger partial charge is 0.164 e. The van der Waals surface area contributed by atoms with Gasteiger partial charge in [-0.05, 0) is 0 Å². The summed E-state index contributed by atoms with van der Waals surface area (Å²) >= 11 is 0. The second-order valence-electron chi connectivity index (χ2n) is 1.72. The van der Waals surface area contributed by atoms with E-state index in [0.717, 1.165) is 6.42 Å². The maximum atomic E-state index is 8.58. The van der Waals surface area contributed by atoms with Crippen molar-refractivity contribution in [2.75, 3.05) is 13.1 Å². The smallest absolute Gasteiger partial charge is 0.160 e. The van der Waals surface area contributed by atoms with Gasteiger partial charge >= 0.3 is 0 Å². The minimum atomic E-state index is -1.00. The number of nitrogens with zero attached hydrogens (tertiary/aromatic N) is 1. The minimum Gasteiger partial charge on any atom is -0.160 e. The third-order valence-electron chi connectivity index (χ3n) is 1.01. The van der Waals surface area contributed by atoms with E-state index >= 15 is 0 Å². The Morgan fingerprint density at radius 1 is 1.43 bits per heavy atom. The summed E-state index contributed by atoms with van der Waals surface area (Å²) in [6.07, 6.45) is 0.826. The van der Waals surface area contributed by atoms with E-state index in [1.54, 1.807) is 0 Å². The SMILES string of the molecule is O[N+]1(O)CCCN1. The minimum absolute atomic E-state index is 0.389. The molecular formula is C3H9N2O2+. The lowest BCUT2D eigenvalue weighted by molar-refractivity contribution is -1.27. The van der Waals surface area contributed by atoms with Crippen LogP contribution in [0.5, 0.6) is 0 Å². The molecule has 0 aromatic carbocycles. The number of rotatable bonds is 0. The van der Waals surface area contributed by atoms with E-state index in [1.165, 1.54) is 0 Å². The molecule has 42 valence electrons. The zero-order chi connectivity index (χ0) is 5.33. The maximum absolute atomic E-state index is 8.58. The van der Waals surface area contributed by atoms with Gasteiger partial charge in [-0.1, -0.05) is 0 Å². The van der Waals surface area contributed by atoms with Gasteiger partial charge in [0.05, 0.1) is 6.54 Å². The van der Waals surface area contributed by atoms with E-state index in [9.17, 15) is 0 Å². The zero-order valence-electron chi connectivity index (χ0n) is 3.96. The van der Waals surface area contributed by atoms with Crippen molar-refractivity contribution < 1.29 is 15.3 Å². The van der Waals surface area contributed by atoms with Gasteiger partial charge in [-0.15, -0.1) is 5.43 Å². The molecule has 0 radical (unpaired) electrons. The lowest BCUT2D eigenvalue weighted by Crippen LogP contribution is -2.47. The number of quaternary nitrogens is 1. The van der Waals surface area contributed by atoms with Crippen molar-refractivity contribution in [2.45, 2.75) is 6.42 Å². The Kier molecular flexibility index (Phi) is 1.01. The summed E-state index contributed by atoms with van der Waals surface area (Å²) in [5, 5.41) is 17.2. The molecule has 1 aliphatic heterocycles. The van der Waals surface area contributed by atoms with E-state index < -0.39 is 4.92 Å². The first-order valence-electron chi connectivity index (χ1n) is 2.29. The molecule has 0 atom stereocenters. The van der Waals surface area contributed by atoms with Gasteiger partial charge in [-0.2, -0.15) is 10.4 Å². The van der Waals surface area contributed by atoms with Gasteiger partial charge < -0.3 is 0 Å². The Hall–Kier alpha value is -0.160. The fourth-order valence-electron chi connectivity index (χ4n) is 0.637. The van der Waals surface area contributed by atoms with Crippen LogP contribution in [0.2, 0.25) is 0 Å². The van der Waals surface area contributed by atoms with Crippen molar-refractivity contribution in [3.05, 3.63) is 0 Å². The lowest BCUT2D eigenvalue weighted by Gasteiger charge is -2.11. The molecule has 1 aliphatic rings. The molecule has 0 aromatic heterocycles. The number of nitrogens with one attached hydrogen (secondary N) is 1. The molecule has 0 amide bonds. The summed E-state index contributed by atoms with van der Waals surface area (Å²) in [7, 11) is 0. The highest BCUT2D eigenvalue weighted by Crippen LogP contribution is 1.98. The predicted molar refractivity (Wildman–Crippen MR) is 21.3 cm³/mol. The summed E-state index contributed by atoms with van der Waals surface area (Å²) in [6.45, 7) is 1.08. The molecule has 0 bridgehead atoms. The van der Waals surface area contributed by atoms with E-state index in [0.29, 0.717) is 13.1 Å². The number of hydroxylamine groups is 2. The number of hydrogen-bond donors (Lipinski definition) is 3. The van der Waals surface area contributed by atoms with Crippen LogP contribution in [-0.4, -0.2) is 28.4 Å². The molecule has 4 nitrogen and oxygen atoms in total. The average molecular weight is 105 g/mol. The van der Waals surface area contributed by atoms with Crippen LogP contribution in [0.3, 0.4) is 0 Å². The Balaban J connectivity index is 2.40. The van der Waals surface area contributed by atoms with Gasteiger partial charge in [-0.25, -0.2) is 0 Å². The number of hydrogen-bond acceptors (Lipinski definition) is 3. The fourth-order valence-corrected chi connectivity index (χ4v) is 0.637. The third-order valence-corrected chi connectivity index (χ3v) is 1.01. The van der Waals surface area contributed by atoms with Gasteiger partial charge in [-0.3, -0.25) is 0 Å². The van der Waals surface area contributed by atoms with Crippen LogP contribution in [0.4, 0.5) is 0 Å². The maximum Gasteiger partial charge on any atom is 0.164 e. The molecule has 0 unspecified atom stereocenters. The highest BCUT2D eigenvalue weighted by atomic mass is 16.9. The van der Waals surface area contributed by atoms with Crippen molar-refractivity contribution in [1.29, 1.82) is 0 Å². The van der Waals surface area contributed by atoms with Gasteiger partial charge in [0.15, 0.2) is 6.54 Å². The molecule has 0 spiro atoms. The quantitative estimate of drug-likeness (QED) is 0.364. The van der Waals surface area contributed by atoms with E-state index in [-0.39, 0.29) is 0 Å². The highest BCUT2D eigenvalue weighted by molar-refractivity contribution is 4.39. The Labute approximate surface area is 41.4 Å². The molecule has 7 heavy (non-hydrogen) atoms. The molecule has 1 fully saturated rings. The summed E-state index contributed by atoms with van der Waals surface area (Å²) in [6, 6.07) is 0. The molecule has 0 aliphatic carbocycles. The first-order chi connectivity index (χ1) is 3.21. The van der Waals surface area contributed by atoms with E-state index in [2.05, 4.69) is 5.43 Å². The van der Waals surface area contributed by atoms with Crippen molar-refractivity contribution in [1.82, 2.24) is 5.43 Å². The van der Waals surface area contributed by atoms with Gasteiger partial charge in [0, 0.05) is 11.3 Å². The standard InChI is InChI=1S/C3H9N2O2/c6-5(7)3-1-2-4-5/h4,6-7H,1-3H2/q+1. The molecule has 1 rings (SSSR count). The van der Waals surface area contributed by atoms with Crippen LogP contribution in [0.15, 0.2) is 0 Å². The Morgan fingerprint density at radius 3 is 2.29 bits per heavy atom. The molecule has 3 N–H and O–H groups in total. The fraction of sp³-hybridized carbons (Fsp3) is 1.00. The van der Waals surface area contributed by atoms with Gasteiger partial charge in [0.1, 0.15) is 0 Å². The van der Waals surface area contributed by atoms with E-state index in [4.69, 9.17) is 10.4 Å². The molecule has 1 heterocycles. The molecule has 0 saturated carbocycles. The second kappa shape index (κ2) is 1.41. The van der Waals surface area contributed by atoms with Crippen LogP contribution in [0, 0.1) is 0 Å². The summed E-state index contributed by atoms with van der Waals surface area (Å²) in [5.74, 6) is 0. The highest BCUT2D eigenvalue weighted by Gasteiger charge is 2.27. The summed E-state index contributed by atoms with van der Waals surface area (Å²) in [4.78, 5) is -1.00. The molecule has 4 heteroatoms. The van der Waals surface area contributed by atoms with Gasteiger partial charge in [0.25, 0.3) is 0 Å². The third kappa shape index (κ3) is 1.10. The van der Waals surface area contributed by atoms with Crippen molar-refractivity contribution in [2.24, 2.45) is 0 Å².